The molecule has 3 aliphatic rings. The maximum absolute atomic E-state index is 13.4. The van der Waals surface area contributed by atoms with Crippen LogP contribution in [0.15, 0.2) is 36.7 Å². The van der Waals surface area contributed by atoms with Crippen LogP contribution in [0.2, 0.25) is 0 Å². The summed E-state index contributed by atoms with van der Waals surface area (Å²) in [5.41, 5.74) is 5.74. The Hall–Kier alpha value is -4.19. The van der Waals surface area contributed by atoms with Crippen molar-refractivity contribution in [2.45, 2.75) is 76.5 Å². The summed E-state index contributed by atoms with van der Waals surface area (Å²) in [6.45, 7) is 3.85. The predicted molar refractivity (Wildman–Crippen MR) is 153 cm³/mol. The van der Waals surface area contributed by atoms with Crippen molar-refractivity contribution in [3.63, 3.8) is 0 Å². The van der Waals surface area contributed by atoms with Crippen LogP contribution in [0.3, 0.4) is 0 Å². The van der Waals surface area contributed by atoms with Gasteiger partial charge in [0.15, 0.2) is 11.6 Å². The second-order valence-electron chi connectivity index (χ2n) is 12.4. The van der Waals surface area contributed by atoms with Crippen LogP contribution in [0.25, 0.3) is 5.52 Å². The third-order valence-corrected chi connectivity index (χ3v) is 8.35. The van der Waals surface area contributed by atoms with Crippen LogP contribution in [0.4, 0.5) is 5.82 Å². The number of ether oxygens (including phenoxy) is 2. The van der Waals surface area contributed by atoms with Crippen LogP contribution in [0.1, 0.15) is 79.5 Å². The van der Waals surface area contributed by atoms with Crippen molar-refractivity contribution in [2.24, 2.45) is 11.1 Å². The number of carbonyl (C=O) groups excluding carboxylic acids is 3. The second kappa shape index (κ2) is 10.6. The minimum Gasteiger partial charge on any atom is -0.487 e. The number of carbonyl (C=O) groups is 3. The summed E-state index contributed by atoms with van der Waals surface area (Å²) in [6.07, 6.45) is 8.48. The molecule has 2 saturated carbocycles. The van der Waals surface area contributed by atoms with Crippen LogP contribution in [-0.2, 0) is 4.79 Å². The fourth-order valence-electron chi connectivity index (χ4n) is 6.34. The topological polar surface area (TPSA) is 161 Å². The normalized spacial score (nSPS) is 23.8. The predicted octanol–water partition coefficient (Wildman–Crippen LogP) is 2.61. The lowest BCUT2D eigenvalue weighted by molar-refractivity contribution is -0.119. The van der Waals surface area contributed by atoms with Gasteiger partial charge in [-0.1, -0.05) is 0 Å². The molecule has 42 heavy (non-hydrogen) atoms. The zero-order valence-electron chi connectivity index (χ0n) is 23.8. The molecular formula is C30H36N6O6. The highest BCUT2D eigenvalue weighted by molar-refractivity contribution is 6.02. The number of hydrogen-bond donors (Lipinski definition) is 3. The molecule has 3 aromatic heterocycles. The number of rotatable bonds is 9. The molecule has 3 aromatic rings. The number of pyridine rings is 2. The molecule has 0 bridgehead atoms. The second-order valence-corrected chi connectivity index (χ2v) is 12.4. The average molecular weight is 577 g/mol. The number of amides is 3. The Balaban J connectivity index is 1.12. The first-order valence-electron chi connectivity index (χ1n) is 14.4. The summed E-state index contributed by atoms with van der Waals surface area (Å²) < 4.78 is 13.5. The highest BCUT2D eigenvalue weighted by Crippen LogP contribution is 2.56. The maximum Gasteiger partial charge on any atom is 0.255 e. The quantitative estimate of drug-likeness (QED) is 0.350. The van der Waals surface area contributed by atoms with Crippen LogP contribution in [0.5, 0.6) is 11.6 Å². The first-order valence-corrected chi connectivity index (χ1v) is 14.4. The van der Waals surface area contributed by atoms with Gasteiger partial charge >= 0.3 is 0 Å². The van der Waals surface area contributed by atoms with Crippen LogP contribution in [-0.4, -0.2) is 68.3 Å². The number of primary amides is 1. The Morgan fingerprint density at radius 2 is 1.95 bits per heavy atom. The highest BCUT2D eigenvalue weighted by atomic mass is 16.5. The van der Waals surface area contributed by atoms with Crippen molar-refractivity contribution in [3.05, 3.63) is 47.8 Å². The first kappa shape index (κ1) is 28.0. The number of fused-ring (bicyclic) bond motifs is 1. The van der Waals surface area contributed by atoms with Crippen molar-refractivity contribution in [1.82, 2.24) is 19.9 Å². The van der Waals surface area contributed by atoms with E-state index < -0.39 is 11.5 Å². The van der Waals surface area contributed by atoms with Gasteiger partial charge in [-0.25, -0.2) is 9.50 Å². The molecule has 4 N–H and O–H groups in total. The molecule has 0 unspecified atom stereocenters. The molecule has 12 nitrogen and oxygen atoms in total. The van der Waals surface area contributed by atoms with Gasteiger partial charge in [0.05, 0.1) is 22.9 Å². The van der Waals surface area contributed by atoms with Crippen molar-refractivity contribution in [3.8, 4) is 11.6 Å². The lowest BCUT2D eigenvalue weighted by Gasteiger charge is -2.57. The van der Waals surface area contributed by atoms with Gasteiger partial charge in [-0.2, -0.15) is 5.10 Å². The molecule has 6 rings (SSSR count). The summed E-state index contributed by atoms with van der Waals surface area (Å²) in [5, 5.41) is 17.8. The molecule has 0 aromatic carbocycles. The molecule has 3 fully saturated rings. The van der Waals surface area contributed by atoms with Crippen LogP contribution < -0.4 is 25.4 Å². The first-order chi connectivity index (χ1) is 20.0. The largest absolute Gasteiger partial charge is 0.487 e. The molecule has 2 aliphatic carbocycles. The summed E-state index contributed by atoms with van der Waals surface area (Å²) in [6, 6.07) is 6.77. The van der Waals surface area contributed by atoms with E-state index in [2.05, 4.69) is 15.4 Å². The van der Waals surface area contributed by atoms with Crippen molar-refractivity contribution < 1.29 is 29.0 Å². The van der Waals surface area contributed by atoms with Crippen molar-refractivity contribution >= 4 is 29.1 Å². The van der Waals surface area contributed by atoms with Gasteiger partial charge < -0.3 is 25.6 Å². The van der Waals surface area contributed by atoms with Crippen molar-refractivity contribution in [2.75, 3.05) is 18.1 Å². The van der Waals surface area contributed by atoms with Gasteiger partial charge in [0.1, 0.15) is 18.3 Å². The van der Waals surface area contributed by atoms with Gasteiger partial charge in [0.2, 0.25) is 11.8 Å². The van der Waals surface area contributed by atoms with E-state index >= 15 is 0 Å². The zero-order valence-corrected chi connectivity index (χ0v) is 23.8. The SMILES string of the molecule is CC(C)(O)COc1ccc2c(C(=O)NC3CC4(C3)CC(Oc3ncccc3C(N)=O)C4)cnn2c1N1CCCCC1=O. The third kappa shape index (κ3) is 5.38. The number of nitrogens with two attached hydrogens (primary N) is 1. The Bertz CT molecular complexity index is 1530. The van der Waals surface area contributed by atoms with Gasteiger partial charge in [0, 0.05) is 25.2 Å². The summed E-state index contributed by atoms with van der Waals surface area (Å²) in [5.74, 6) is 0.333. The smallest absolute Gasteiger partial charge is 0.255 e. The Morgan fingerprint density at radius 3 is 2.67 bits per heavy atom. The number of nitrogens with one attached hydrogen (secondary N) is 1. The van der Waals surface area contributed by atoms with Crippen LogP contribution >= 0.6 is 0 Å². The molecular weight excluding hydrogens is 540 g/mol. The van der Waals surface area contributed by atoms with E-state index in [1.54, 1.807) is 53.7 Å². The number of aliphatic hydroxyl groups is 1. The molecule has 1 saturated heterocycles. The maximum atomic E-state index is 13.4. The van der Waals surface area contributed by atoms with Crippen molar-refractivity contribution in [1.29, 1.82) is 0 Å². The van der Waals surface area contributed by atoms with E-state index in [0.717, 1.165) is 38.5 Å². The van der Waals surface area contributed by atoms with E-state index in [1.165, 1.54) is 6.20 Å². The number of hydrogen-bond acceptors (Lipinski definition) is 8. The van der Waals surface area contributed by atoms with Gasteiger partial charge in [-0.05, 0) is 82.1 Å². The monoisotopic (exact) mass is 576 g/mol. The van der Waals surface area contributed by atoms with E-state index in [0.29, 0.717) is 35.6 Å². The fraction of sp³-hybridized carbons (Fsp3) is 0.500. The van der Waals surface area contributed by atoms with E-state index in [4.69, 9.17) is 15.2 Å². The Morgan fingerprint density at radius 1 is 1.17 bits per heavy atom. The van der Waals surface area contributed by atoms with E-state index in [9.17, 15) is 19.5 Å². The lowest BCUT2D eigenvalue weighted by Crippen LogP contribution is -2.58. The Kier molecular flexibility index (Phi) is 7.04. The molecule has 0 atom stereocenters. The molecule has 12 heteroatoms. The van der Waals surface area contributed by atoms with Crippen LogP contribution in [0, 0.1) is 5.41 Å². The lowest BCUT2D eigenvalue weighted by atomic mass is 9.53. The van der Waals surface area contributed by atoms with Gasteiger partial charge in [-0.15, -0.1) is 0 Å². The molecule has 0 radical (unpaired) electrons. The zero-order chi connectivity index (χ0) is 29.6. The van der Waals surface area contributed by atoms with E-state index in [-0.39, 0.29) is 47.4 Å². The molecule has 222 valence electrons. The highest BCUT2D eigenvalue weighted by Gasteiger charge is 2.54. The molecule has 4 heterocycles. The molecule has 1 spiro atoms. The Labute approximate surface area is 243 Å². The number of anilines is 1. The summed E-state index contributed by atoms with van der Waals surface area (Å²) in [7, 11) is 0. The number of nitrogens with zero attached hydrogens (tertiary/aromatic N) is 4. The fourth-order valence-corrected chi connectivity index (χ4v) is 6.34. The third-order valence-electron chi connectivity index (χ3n) is 8.35. The molecule has 3 amide bonds. The van der Waals surface area contributed by atoms with Gasteiger partial charge in [0.25, 0.3) is 11.8 Å². The summed E-state index contributed by atoms with van der Waals surface area (Å²) in [4.78, 5) is 43.7. The average Bonchev–Trinajstić information content (AvgIpc) is 3.34. The van der Waals surface area contributed by atoms with Gasteiger partial charge in [-0.3, -0.25) is 19.3 Å². The number of piperidine rings is 1. The molecule has 1 aliphatic heterocycles. The minimum absolute atomic E-state index is 0.0280. The van der Waals surface area contributed by atoms with E-state index in [1.807, 2.05) is 0 Å². The minimum atomic E-state index is -1.06. The number of aromatic nitrogens is 3. The summed E-state index contributed by atoms with van der Waals surface area (Å²) >= 11 is 0. The standard InChI is InChI=1S/C30H36N6O6/c1-29(2,40)17-41-23-9-8-22-21(16-33-36(22)28(23)35-11-4-3-7-24(35)37)26(39)34-18-12-30(13-18)14-19(15-30)42-27-20(25(31)38)6-5-10-32-27/h5-6,8-10,16,18-19,40H,3-4,7,11-15,17H2,1-2H3,(H2,31,38)(H,34,39).